The molecule has 1 saturated heterocycles. The van der Waals surface area contributed by atoms with Gasteiger partial charge in [-0.25, -0.2) is 9.59 Å². The zero-order valence-corrected chi connectivity index (χ0v) is 16.8. The lowest BCUT2D eigenvalue weighted by atomic mass is 10.0. The molecule has 0 aromatic heterocycles. The van der Waals surface area contributed by atoms with Gasteiger partial charge in [0.15, 0.2) is 12.4 Å². The molecule has 2 aromatic rings. The highest BCUT2D eigenvalue weighted by molar-refractivity contribution is 5.90. The molecule has 154 valence electrons. The number of esters is 2. The van der Waals surface area contributed by atoms with E-state index in [1.807, 2.05) is 32.9 Å². The van der Waals surface area contributed by atoms with Crippen LogP contribution in [-0.4, -0.2) is 42.6 Å². The van der Waals surface area contributed by atoms with Crippen molar-refractivity contribution in [3.05, 3.63) is 71.8 Å². The zero-order valence-electron chi connectivity index (χ0n) is 16.8. The second-order valence-electron chi connectivity index (χ2n) is 7.25. The molecule has 6 nitrogen and oxygen atoms in total. The van der Waals surface area contributed by atoms with Crippen LogP contribution in [0.3, 0.4) is 0 Å². The molecule has 0 aliphatic carbocycles. The summed E-state index contributed by atoms with van der Waals surface area (Å²) in [5.41, 5.74) is 0.894. The highest BCUT2D eigenvalue weighted by atomic mass is 16.7. The molecule has 0 bridgehead atoms. The van der Waals surface area contributed by atoms with E-state index in [0.717, 1.165) is 0 Å². The van der Waals surface area contributed by atoms with Gasteiger partial charge in [-0.1, -0.05) is 36.4 Å². The average Bonchev–Trinajstić information content (AvgIpc) is 2.72. The van der Waals surface area contributed by atoms with Gasteiger partial charge in [0.1, 0.15) is 6.10 Å². The molecule has 1 aliphatic rings. The van der Waals surface area contributed by atoms with Crippen molar-refractivity contribution in [3.63, 3.8) is 0 Å². The summed E-state index contributed by atoms with van der Waals surface area (Å²) >= 11 is 0. The van der Waals surface area contributed by atoms with Crippen molar-refractivity contribution in [3.8, 4) is 0 Å². The Labute approximate surface area is 170 Å². The fraction of sp³-hybridized carbons (Fsp3) is 0.391. The van der Waals surface area contributed by atoms with Crippen LogP contribution >= 0.6 is 0 Å². The van der Waals surface area contributed by atoms with E-state index in [2.05, 4.69) is 0 Å². The van der Waals surface area contributed by atoms with Gasteiger partial charge >= 0.3 is 11.9 Å². The van der Waals surface area contributed by atoms with Crippen molar-refractivity contribution in [1.29, 1.82) is 0 Å². The lowest BCUT2D eigenvalue weighted by molar-refractivity contribution is -0.270. The Morgan fingerprint density at radius 3 is 1.83 bits per heavy atom. The van der Waals surface area contributed by atoms with Gasteiger partial charge in [0, 0.05) is 6.42 Å². The van der Waals surface area contributed by atoms with E-state index in [9.17, 15) is 9.59 Å². The summed E-state index contributed by atoms with van der Waals surface area (Å²) in [6, 6.07) is 17.5. The first-order valence-electron chi connectivity index (χ1n) is 9.77. The minimum Gasteiger partial charge on any atom is -0.456 e. The number of benzene rings is 2. The number of ether oxygens (including phenoxy) is 4. The molecule has 0 radical (unpaired) electrons. The van der Waals surface area contributed by atoms with Gasteiger partial charge in [-0.15, -0.1) is 0 Å². The highest BCUT2D eigenvalue weighted by Crippen LogP contribution is 2.28. The van der Waals surface area contributed by atoms with Gasteiger partial charge < -0.3 is 18.9 Å². The maximum atomic E-state index is 12.5. The Morgan fingerprint density at radius 1 is 0.862 bits per heavy atom. The summed E-state index contributed by atoms with van der Waals surface area (Å²) in [7, 11) is 0. The Kier molecular flexibility index (Phi) is 7.01. The SMILES string of the molecule is CC(C)OC1OC(C)C(OC(=O)c2ccccc2)CC1OC(=O)c1ccccc1. The minimum absolute atomic E-state index is 0.117. The summed E-state index contributed by atoms with van der Waals surface area (Å²) in [4.78, 5) is 25.0. The van der Waals surface area contributed by atoms with Crippen LogP contribution in [0.1, 0.15) is 47.9 Å². The van der Waals surface area contributed by atoms with Crippen LogP contribution in [0, 0.1) is 0 Å². The third kappa shape index (κ3) is 5.65. The van der Waals surface area contributed by atoms with Crippen molar-refractivity contribution in [2.75, 3.05) is 0 Å². The number of carbonyl (C=O) groups is 2. The van der Waals surface area contributed by atoms with E-state index in [4.69, 9.17) is 18.9 Å². The largest absolute Gasteiger partial charge is 0.456 e. The van der Waals surface area contributed by atoms with Crippen LogP contribution in [-0.2, 0) is 18.9 Å². The third-order valence-electron chi connectivity index (χ3n) is 4.58. The number of carbonyl (C=O) groups excluding carboxylic acids is 2. The van der Waals surface area contributed by atoms with Crippen molar-refractivity contribution in [1.82, 2.24) is 0 Å². The van der Waals surface area contributed by atoms with Gasteiger partial charge in [-0.3, -0.25) is 0 Å². The minimum atomic E-state index is -0.732. The van der Waals surface area contributed by atoms with Gasteiger partial charge in [-0.05, 0) is 45.0 Å². The number of rotatable bonds is 6. The monoisotopic (exact) mass is 398 g/mol. The molecule has 2 aromatic carbocycles. The molecule has 6 heteroatoms. The molecule has 0 spiro atoms. The predicted octanol–water partition coefficient (Wildman–Crippen LogP) is 4.00. The zero-order chi connectivity index (χ0) is 20.8. The summed E-state index contributed by atoms with van der Waals surface area (Å²) in [6.07, 6.45) is -2.23. The number of hydrogen-bond acceptors (Lipinski definition) is 6. The van der Waals surface area contributed by atoms with Gasteiger partial charge in [0.25, 0.3) is 0 Å². The quantitative estimate of drug-likeness (QED) is 0.685. The van der Waals surface area contributed by atoms with Crippen molar-refractivity contribution in [2.24, 2.45) is 0 Å². The smallest absolute Gasteiger partial charge is 0.338 e. The van der Waals surface area contributed by atoms with Gasteiger partial charge in [-0.2, -0.15) is 0 Å². The fourth-order valence-electron chi connectivity index (χ4n) is 3.11. The van der Waals surface area contributed by atoms with Gasteiger partial charge in [0.05, 0.1) is 23.3 Å². The summed E-state index contributed by atoms with van der Waals surface area (Å²) in [6.45, 7) is 5.58. The molecule has 3 rings (SSSR count). The molecule has 0 amide bonds. The summed E-state index contributed by atoms with van der Waals surface area (Å²) < 4.78 is 23.1. The predicted molar refractivity (Wildman–Crippen MR) is 106 cm³/mol. The normalized spacial score (nSPS) is 24.1. The van der Waals surface area contributed by atoms with Crippen LogP contribution < -0.4 is 0 Å². The molecule has 1 heterocycles. The van der Waals surface area contributed by atoms with E-state index < -0.39 is 36.5 Å². The first-order valence-corrected chi connectivity index (χ1v) is 9.77. The molecule has 0 N–H and O–H groups in total. The lowest BCUT2D eigenvalue weighted by Crippen LogP contribution is -2.51. The van der Waals surface area contributed by atoms with E-state index in [-0.39, 0.29) is 12.5 Å². The molecule has 29 heavy (non-hydrogen) atoms. The Morgan fingerprint density at radius 2 is 1.34 bits per heavy atom. The second kappa shape index (κ2) is 9.67. The van der Waals surface area contributed by atoms with Crippen LogP contribution in [0.25, 0.3) is 0 Å². The molecule has 4 atom stereocenters. The van der Waals surface area contributed by atoms with Crippen molar-refractivity contribution < 1.29 is 28.5 Å². The first kappa shape index (κ1) is 21.0. The van der Waals surface area contributed by atoms with E-state index in [1.54, 1.807) is 48.5 Å². The molecular formula is C23H26O6. The van der Waals surface area contributed by atoms with Crippen molar-refractivity contribution >= 4 is 11.9 Å². The Hall–Kier alpha value is -2.70. The van der Waals surface area contributed by atoms with E-state index in [1.165, 1.54) is 0 Å². The molecule has 0 saturated carbocycles. The molecule has 1 fully saturated rings. The molecule has 1 aliphatic heterocycles. The maximum Gasteiger partial charge on any atom is 0.338 e. The Bertz CT molecular complexity index is 805. The lowest BCUT2D eigenvalue weighted by Gasteiger charge is -2.39. The van der Waals surface area contributed by atoms with Crippen LogP contribution in [0.5, 0.6) is 0 Å². The Balaban J connectivity index is 1.72. The third-order valence-corrected chi connectivity index (χ3v) is 4.58. The first-order chi connectivity index (χ1) is 13.9. The second-order valence-corrected chi connectivity index (χ2v) is 7.25. The van der Waals surface area contributed by atoms with Gasteiger partial charge in [0.2, 0.25) is 0 Å². The van der Waals surface area contributed by atoms with E-state index >= 15 is 0 Å². The topological polar surface area (TPSA) is 71.1 Å². The standard InChI is InChI=1S/C23H26O6/c1-15(2)26-23-20(29-22(25)18-12-8-5-9-13-18)14-19(16(3)27-23)28-21(24)17-10-6-4-7-11-17/h4-13,15-16,19-20,23H,14H2,1-3H3. The van der Waals surface area contributed by atoms with Crippen LogP contribution in [0.15, 0.2) is 60.7 Å². The molecule has 4 unspecified atom stereocenters. The maximum absolute atomic E-state index is 12.5. The molecular weight excluding hydrogens is 372 g/mol. The fourth-order valence-corrected chi connectivity index (χ4v) is 3.11. The van der Waals surface area contributed by atoms with Crippen molar-refractivity contribution in [2.45, 2.75) is 57.9 Å². The van der Waals surface area contributed by atoms with Crippen LogP contribution in [0.4, 0.5) is 0 Å². The summed E-state index contributed by atoms with van der Waals surface area (Å²) in [5.74, 6) is -0.915. The summed E-state index contributed by atoms with van der Waals surface area (Å²) in [5, 5.41) is 0. The number of hydrogen-bond donors (Lipinski definition) is 0. The highest BCUT2D eigenvalue weighted by Gasteiger charge is 2.41. The average molecular weight is 398 g/mol. The van der Waals surface area contributed by atoms with E-state index in [0.29, 0.717) is 11.1 Å². The van der Waals surface area contributed by atoms with Crippen LogP contribution in [0.2, 0.25) is 0 Å².